The molecule has 0 saturated carbocycles. The SMILES string of the molecule is C1=CCC2C=Cc3op(Oc4cccc5c4Oc4c(cccc4Op4oc6ccc7ccccc7c6c6c(ccc7ccccc76)o4)C5)oc4ccc5ccccc5c4c3C2=C1. The average molecular weight is 845 g/mol. The van der Waals surface area contributed by atoms with E-state index in [1.165, 1.54) is 5.57 Å². The minimum Gasteiger partial charge on any atom is -0.449 e. The monoisotopic (exact) mass is 844 g/mol. The molecule has 0 spiro atoms. The van der Waals surface area contributed by atoms with Gasteiger partial charge in [-0.05, 0) is 80.7 Å². The van der Waals surface area contributed by atoms with Crippen molar-refractivity contribution >= 4 is 93.4 Å². The van der Waals surface area contributed by atoms with Crippen molar-refractivity contribution in [1.29, 1.82) is 0 Å². The van der Waals surface area contributed by atoms with Crippen molar-refractivity contribution in [1.82, 2.24) is 0 Å². The zero-order valence-electron chi connectivity index (χ0n) is 33.0. The second-order valence-corrected chi connectivity index (χ2v) is 17.7. The lowest BCUT2D eigenvalue weighted by Gasteiger charge is -2.23. The Morgan fingerprint density at radius 2 is 1.02 bits per heavy atom. The van der Waals surface area contributed by atoms with Crippen LogP contribution in [0.4, 0.5) is 0 Å². The summed E-state index contributed by atoms with van der Waals surface area (Å²) < 4.78 is 47.3. The molecule has 0 saturated heterocycles. The lowest BCUT2D eigenvalue weighted by molar-refractivity contribution is 0.401. The number of para-hydroxylation sites is 2. The lowest BCUT2D eigenvalue weighted by atomic mass is 9.81. The molecule has 3 heterocycles. The maximum atomic E-state index is 6.85. The summed E-state index contributed by atoms with van der Waals surface area (Å²) in [5.74, 6) is 3.14. The van der Waals surface area contributed by atoms with Crippen LogP contribution >= 0.6 is 16.5 Å². The van der Waals surface area contributed by atoms with E-state index in [-0.39, 0.29) is 5.92 Å². The third-order valence-electron chi connectivity index (χ3n) is 12.1. The Bertz CT molecular complexity index is 3610. The second kappa shape index (κ2) is 14.1. The quantitative estimate of drug-likeness (QED) is 0.175. The van der Waals surface area contributed by atoms with Crippen LogP contribution in [-0.4, -0.2) is 0 Å². The summed E-state index contributed by atoms with van der Waals surface area (Å²) in [6, 6.07) is 49.3. The van der Waals surface area contributed by atoms with E-state index in [2.05, 4.69) is 134 Å². The van der Waals surface area contributed by atoms with Gasteiger partial charge in [-0.2, -0.15) is 0 Å². The summed E-state index contributed by atoms with van der Waals surface area (Å²) in [4.78, 5) is 0. The van der Waals surface area contributed by atoms with E-state index in [0.717, 1.165) is 77.3 Å². The van der Waals surface area contributed by atoms with Crippen LogP contribution in [0.15, 0.2) is 187 Å². The number of ether oxygens (including phenoxy) is 1. The van der Waals surface area contributed by atoms with Gasteiger partial charge in [-0.1, -0.05) is 140 Å². The topological polar surface area (TPSA) is 80.2 Å². The molecule has 8 aromatic carbocycles. The summed E-state index contributed by atoms with van der Waals surface area (Å²) in [5, 5.41) is 9.58. The number of rotatable bonds is 4. The van der Waals surface area contributed by atoms with Crippen LogP contribution in [0.5, 0.6) is 23.0 Å². The second-order valence-electron chi connectivity index (χ2n) is 15.7. The molecule has 3 aliphatic rings. The molecular formula is C53H34O7P2. The molecule has 298 valence electrons. The number of allylic oxidation sites excluding steroid dienone is 5. The molecule has 7 nitrogen and oxygen atoms in total. The third kappa shape index (κ3) is 5.74. The summed E-state index contributed by atoms with van der Waals surface area (Å²) in [5.41, 5.74) is 6.28. The van der Waals surface area contributed by atoms with E-state index < -0.39 is 16.5 Å². The lowest BCUT2D eigenvalue weighted by Crippen LogP contribution is -2.07. The van der Waals surface area contributed by atoms with Gasteiger partial charge in [-0.15, -0.1) is 0 Å². The first kappa shape index (κ1) is 35.5. The van der Waals surface area contributed by atoms with Crippen molar-refractivity contribution in [3.05, 3.63) is 192 Å². The highest BCUT2D eigenvalue weighted by Gasteiger charge is 2.29. The van der Waals surface area contributed by atoms with Crippen LogP contribution < -0.4 is 13.8 Å². The maximum absolute atomic E-state index is 6.85. The van der Waals surface area contributed by atoms with Gasteiger partial charge in [0, 0.05) is 45.2 Å². The fourth-order valence-electron chi connectivity index (χ4n) is 9.30. The highest BCUT2D eigenvalue weighted by molar-refractivity contribution is 7.32. The van der Waals surface area contributed by atoms with Gasteiger partial charge in [-0.25, -0.2) is 0 Å². The van der Waals surface area contributed by atoms with Crippen molar-refractivity contribution in [2.45, 2.75) is 12.8 Å². The minimum absolute atomic E-state index is 0.255. The van der Waals surface area contributed by atoms with Gasteiger partial charge in [0.15, 0.2) is 23.0 Å². The van der Waals surface area contributed by atoms with Crippen molar-refractivity contribution in [2.24, 2.45) is 5.92 Å². The highest BCUT2D eigenvalue weighted by atomic mass is 31.1. The summed E-state index contributed by atoms with van der Waals surface area (Å²) in [6.45, 7) is 0. The Balaban J connectivity index is 0.924. The number of hydrogen-bond acceptors (Lipinski definition) is 7. The molecule has 0 amide bonds. The first-order valence-electron chi connectivity index (χ1n) is 20.7. The first-order chi connectivity index (χ1) is 30.7. The normalized spacial score (nSPS) is 15.2. The van der Waals surface area contributed by atoms with Crippen LogP contribution in [-0.2, 0) is 6.42 Å². The van der Waals surface area contributed by atoms with Gasteiger partial charge in [0.05, 0.1) is 0 Å². The molecule has 13 rings (SSSR count). The molecule has 1 aliphatic heterocycles. The highest BCUT2D eigenvalue weighted by Crippen LogP contribution is 2.52. The Morgan fingerprint density at radius 3 is 1.60 bits per heavy atom. The summed E-state index contributed by atoms with van der Waals surface area (Å²) in [6.07, 6.45) is 12.4. The van der Waals surface area contributed by atoms with Gasteiger partial charge in [-0.3, -0.25) is 0 Å². The zero-order chi connectivity index (χ0) is 40.7. The average Bonchev–Trinajstić information content (AvgIpc) is 3.59. The molecule has 62 heavy (non-hydrogen) atoms. The minimum atomic E-state index is -1.98. The molecule has 2 aromatic heterocycles. The van der Waals surface area contributed by atoms with Crippen molar-refractivity contribution in [2.75, 3.05) is 0 Å². The number of fused-ring (bicyclic) bond motifs is 16. The Labute approximate surface area is 356 Å². The van der Waals surface area contributed by atoms with Gasteiger partial charge in [0.1, 0.15) is 22.5 Å². The van der Waals surface area contributed by atoms with Crippen LogP contribution in [0.25, 0.3) is 76.9 Å². The van der Waals surface area contributed by atoms with Crippen molar-refractivity contribution < 1.29 is 30.6 Å². The molecular weight excluding hydrogens is 811 g/mol. The summed E-state index contributed by atoms with van der Waals surface area (Å²) in [7, 11) is -3.95. The predicted molar refractivity (Wildman–Crippen MR) is 250 cm³/mol. The van der Waals surface area contributed by atoms with Gasteiger partial charge < -0.3 is 30.6 Å². The van der Waals surface area contributed by atoms with E-state index in [1.807, 2.05) is 42.5 Å². The fourth-order valence-corrected chi connectivity index (χ4v) is 11.4. The van der Waals surface area contributed by atoms with Crippen LogP contribution in [0.3, 0.4) is 0 Å². The molecule has 0 radical (unpaired) electrons. The van der Waals surface area contributed by atoms with E-state index in [0.29, 0.717) is 46.2 Å². The Kier molecular flexibility index (Phi) is 8.09. The van der Waals surface area contributed by atoms with Gasteiger partial charge in [0.2, 0.25) is 0 Å². The van der Waals surface area contributed by atoms with Crippen molar-refractivity contribution in [3.8, 4) is 23.0 Å². The fraction of sp³-hybridized carbons (Fsp3) is 0.0566. The van der Waals surface area contributed by atoms with E-state index in [1.54, 1.807) is 0 Å². The Hall–Kier alpha value is -7.30. The molecule has 0 fully saturated rings. The van der Waals surface area contributed by atoms with Crippen molar-refractivity contribution in [3.63, 3.8) is 0 Å². The molecule has 2 unspecified atom stereocenters. The van der Waals surface area contributed by atoms with Crippen LogP contribution in [0.2, 0.25) is 0 Å². The maximum Gasteiger partial charge on any atom is 0.453 e. The zero-order valence-corrected chi connectivity index (χ0v) is 34.8. The molecule has 2 aliphatic carbocycles. The molecule has 2 atom stereocenters. The summed E-state index contributed by atoms with van der Waals surface area (Å²) >= 11 is 0. The Morgan fingerprint density at radius 1 is 0.500 bits per heavy atom. The third-order valence-corrected chi connectivity index (χ3v) is 14.2. The van der Waals surface area contributed by atoms with Crippen LogP contribution in [0, 0.1) is 5.92 Å². The first-order valence-corrected chi connectivity index (χ1v) is 22.8. The van der Waals surface area contributed by atoms with E-state index in [4.69, 9.17) is 30.6 Å². The van der Waals surface area contributed by atoms with Gasteiger partial charge >= 0.3 is 16.5 Å². The largest absolute Gasteiger partial charge is 0.453 e. The standard InChI is InChI=1S/C53H34O7P2/c1-5-17-38-32(11-1)23-27-42-48(38)49-39-18-6-2-12-33(39)24-28-43(49)56-61(55-42)59-46-21-9-15-36-31-37-16-10-22-47(53(37)54-52(36)46)60-62-57-44-29-25-34-13-3-7-19-40(34)50(44)51-41-20-8-4-14-35(41)26-30-45(51)58-62/h1-13,15-30,35H,14,31H2. The van der Waals surface area contributed by atoms with Crippen LogP contribution in [0.1, 0.15) is 28.9 Å². The molecule has 0 bridgehead atoms. The smallest absolute Gasteiger partial charge is 0.449 e. The molecule has 9 heteroatoms. The van der Waals surface area contributed by atoms with E-state index >= 15 is 0 Å². The van der Waals surface area contributed by atoms with Gasteiger partial charge in [0.25, 0.3) is 0 Å². The van der Waals surface area contributed by atoms with E-state index in [9.17, 15) is 0 Å². The number of benzene rings is 8. The molecule has 10 aromatic rings. The molecule has 0 N–H and O–H groups in total. The predicted octanol–water partition coefficient (Wildman–Crippen LogP) is 16.6. The number of hydrogen-bond donors (Lipinski definition) is 0.